The van der Waals surface area contributed by atoms with Crippen LogP contribution in [0.2, 0.25) is 0 Å². The fourth-order valence-electron chi connectivity index (χ4n) is 2.52. The van der Waals surface area contributed by atoms with E-state index in [1.807, 2.05) is 30.3 Å². The first-order chi connectivity index (χ1) is 14.0. The number of methoxy groups -OCH3 is 1. The Morgan fingerprint density at radius 1 is 1.17 bits per heavy atom. The van der Waals surface area contributed by atoms with E-state index in [2.05, 4.69) is 16.3 Å². The lowest BCUT2D eigenvalue weighted by molar-refractivity contribution is -0.121. The molecule has 3 rings (SSSR count). The molecule has 0 N–H and O–H groups in total. The van der Waals surface area contributed by atoms with E-state index in [9.17, 15) is 9.59 Å². The highest BCUT2D eigenvalue weighted by Gasteiger charge is 2.30. The van der Waals surface area contributed by atoms with Crippen molar-refractivity contribution in [1.29, 1.82) is 0 Å². The van der Waals surface area contributed by atoms with Crippen molar-refractivity contribution in [3.63, 3.8) is 0 Å². The molecule has 1 aliphatic rings. The molecule has 0 unspecified atom stereocenters. The zero-order chi connectivity index (χ0) is 20.8. The van der Waals surface area contributed by atoms with Crippen molar-refractivity contribution in [3.05, 3.63) is 77.2 Å². The van der Waals surface area contributed by atoms with Gasteiger partial charge in [0.2, 0.25) is 0 Å². The quantitative estimate of drug-likeness (QED) is 0.406. The normalized spacial score (nSPS) is 16.3. The van der Waals surface area contributed by atoms with Crippen LogP contribution in [-0.2, 0) is 9.53 Å². The number of hydrogen-bond acceptors (Lipinski definition) is 6. The molecule has 148 valence electrons. The minimum atomic E-state index is -0.405. The number of thioether (sulfide) groups is 1. The van der Waals surface area contributed by atoms with Gasteiger partial charge in [-0.15, -0.1) is 0 Å². The Labute approximate surface area is 173 Å². The van der Waals surface area contributed by atoms with Crippen LogP contribution in [0.5, 0.6) is 5.75 Å². The summed E-state index contributed by atoms with van der Waals surface area (Å²) >= 11 is 1.30. The lowest BCUT2D eigenvalue weighted by atomic mass is 10.2. The molecule has 7 heteroatoms. The molecule has 2 aromatic carbocycles. The summed E-state index contributed by atoms with van der Waals surface area (Å²) in [5, 5.41) is 0.568. The fraction of sp³-hybridized carbons (Fsp3) is 0.136. The maximum Gasteiger partial charge on any atom is 0.337 e. The molecule has 0 bridgehead atoms. The molecule has 2 aromatic rings. The number of likely N-dealkylation sites (N-methyl/N-ethyl adjacent to an activating group) is 1. The number of esters is 1. The summed E-state index contributed by atoms with van der Waals surface area (Å²) in [7, 11) is 3.02. The maximum atomic E-state index is 12.6. The molecule has 0 saturated carbocycles. The van der Waals surface area contributed by atoms with E-state index in [0.29, 0.717) is 27.9 Å². The predicted molar refractivity (Wildman–Crippen MR) is 115 cm³/mol. The fourth-order valence-corrected chi connectivity index (χ4v) is 3.51. The van der Waals surface area contributed by atoms with Gasteiger partial charge in [-0.3, -0.25) is 9.69 Å². The molecule has 1 aliphatic heterocycles. The van der Waals surface area contributed by atoms with Crippen molar-refractivity contribution in [2.45, 2.75) is 0 Å². The van der Waals surface area contributed by atoms with Crippen LogP contribution in [0.1, 0.15) is 15.9 Å². The molecule has 1 saturated heterocycles. The van der Waals surface area contributed by atoms with Crippen LogP contribution in [0.25, 0.3) is 6.08 Å². The van der Waals surface area contributed by atoms with Crippen LogP contribution >= 0.6 is 11.8 Å². The standard InChI is InChI=1S/C22H20N2O4S/c1-4-13-28-18-11-5-15(6-12-18)14-19-20(25)24(2)22(29-19)23-17-9-7-16(8-10-17)21(26)27-3/h4-12,14H,1,13H2,2-3H3. The molecular formula is C22H20N2O4S. The molecule has 1 amide bonds. The second kappa shape index (κ2) is 9.25. The second-order valence-electron chi connectivity index (χ2n) is 6.08. The summed E-state index contributed by atoms with van der Waals surface area (Å²) in [6.07, 6.45) is 3.51. The van der Waals surface area contributed by atoms with Gasteiger partial charge in [0.05, 0.1) is 23.3 Å². The zero-order valence-electron chi connectivity index (χ0n) is 16.1. The molecule has 6 nitrogen and oxygen atoms in total. The Kier molecular flexibility index (Phi) is 6.51. The molecule has 0 radical (unpaired) electrons. The number of carbonyl (C=O) groups excluding carboxylic acids is 2. The lowest BCUT2D eigenvalue weighted by Crippen LogP contribution is -2.23. The number of ether oxygens (including phenoxy) is 2. The van der Waals surface area contributed by atoms with E-state index >= 15 is 0 Å². The van der Waals surface area contributed by atoms with E-state index in [0.717, 1.165) is 11.3 Å². The van der Waals surface area contributed by atoms with Crippen molar-refractivity contribution in [3.8, 4) is 5.75 Å². The SMILES string of the molecule is C=CCOc1ccc(C=C2SC(=Nc3ccc(C(=O)OC)cc3)N(C)C2=O)cc1. The summed E-state index contributed by atoms with van der Waals surface area (Å²) in [5.41, 5.74) is 1.98. The molecule has 0 spiro atoms. The monoisotopic (exact) mass is 408 g/mol. The third-order valence-electron chi connectivity index (χ3n) is 4.06. The highest BCUT2D eigenvalue weighted by molar-refractivity contribution is 8.18. The lowest BCUT2D eigenvalue weighted by Gasteiger charge is -2.07. The van der Waals surface area contributed by atoms with Crippen molar-refractivity contribution < 1.29 is 19.1 Å². The molecule has 0 aromatic heterocycles. The minimum absolute atomic E-state index is 0.119. The van der Waals surface area contributed by atoms with Gasteiger partial charge in [0, 0.05) is 7.05 Å². The smallest absolute Gasteiger partial charge is 0.337 e. The molecular weight excluding hydrogens is 388 g/mol. The van der Waals surface area contributed by atoms with Gasteiger partial charge in [0.1, 0.15) is 12.4 Å². The van der Waals surface area contributed by atoms with E-state index in [-0.39, 0.29) is 5.91 Å². The second-order valence-corrected chi connectivity index (χ2v) is 7.09. The van der Waals surface area contributed by atoms with Crippen LogP contribution in [0.15, 0.2) is 71.1 Å². The van der Waals surface area contributed by atoms with Crippen molar-refractivity contribution in [2.24, 2.45) is 4.99 Å². The average molecular weight is 408 g/mol. The Bertz CT molecular complexity index is 979. The first kappa shape index (κ1) is 20.4. The van der Waals surface area contributed by atoms with Gasteiger partial charge in [-0.2, -0.15) is 0 Å². The zero-order valence-corrected chi connectivity index (χ0v) is 16.9. The molecule has 0 atom stereocenters. The van der Waals surface area contributed by atoms with Gasteiger partial charge in [0.15, 0.2) is 5.17 Å². The number of hydrogen-bond donors (Lipinski definition) is 0. The number of nitrogens with zero attached hydrogens (tertiary/aromatic N) is 2. The van der Waals surface area contributed by atoms with Gasteiger partial charge in [-0.1, -0.05) is 24.8 Å². The van der Waals surface area contributed by atoms with Gasteiger partial charge >= 0.3 is 5.97 Å². The Morgan fingerprint density at radius 3 is 2.48 bits per heavy atom. The maximum absolute atomic E-state index is 12.6. The van der Waals surface area contributed by atoms with Crippen LogP contribution in [-0.4, -0.2) is 42.7 Å². The van der Waals surface area contributed by atoms with Crippen molar-refractivity contribution in [1.82, 2.24) is 4.90 Å². The number of amides is 1. The Morgan fingerprint density at radius 2 is 1.86 bits per heavy atom. The average Bonchev–Trinajstić information content (AvgIpc) is 3.01. The summed E-state index contributed by atoms with van der Waals surface area (Å²) < 4.78 is 10.2. The van der Waals surface area contributed by atoms with E-state index < -0.39 is 5.97 Å². The summed E-state index contributed by atoms with van der Waals surface area (Å²) in [4.78, 5) is 30.7. The third-order valence-corrected chi connectivity index (χ3v) is 5.12. The Balaban J connectivity index is 1.76. The van der Waals surface area contributed by atoms with Gasteiger partial charge in [-0.05, 0) is 59.8 Å². The van der Waals surface area contributed by atoms with E-state index in [1.165, 1.54) is 23.8 Å². The highest BCUT2D eigenvalue weighted by Crippen LogP contribution is 2.33. The van der Waals surface area contributed by atoms with Crippen molar-refractivity contribution >= 4 is 40.6 Å². The third kappa shape index (κ3) is 4.94. The summed E-state index contributed by atoms with van der Waals surface area (Å²) in [6.45, 7) is 4.06. The van der Waals surface area contributed by atoms with Crippen LogP contribution < -0.4 is 4.74 Å². The van der Waals surface area contributed by atoms with E-state index in [1.54, 1.807) is 37.4 Å². The summed E-state index contributed by atoms with van der Waals surface area (Å²) in [6, 6.07) is 14.2. The first-order valence-electron chi connectivity index (χ1n) is 8.80. The predicted octanol–water partition coefficient (Wildman–Crippen LogP) is 4.27. The molecule has 1 heterocycles. The van der Waals surface area contributed by atoms with Crippen LogP contribution in [0, 0.1) is 0 Å². The number of rotatable bonds is 6. The summed E-state index contributed by atoms with van der Waals surface area (Å²) in [5.74, 6) is 0.219. The topological polar surface area (TPSA) is 68.2 Å². The molecule has 1 fully saturated rings. The van der Waals surface area contributed by atoms with Crippen LogP contribution in [0.4, 0.5) is 5.69 Å². The number of carbonyl (C=O) groups is 2. The number of aliphatic imine (C=N–C) groups is 1. The van der Waals surface area contributed by atoms with Crippen LogP contribution in [0.3, 0.4) is 0 Å². The van der Waals surface area contributed by atoms with Gasteiger partial charge in [-0.25, -0.2) is 9.79 Å². The van der Waals surface area contributed by atoms with Crippen molar-refractivity contribution in [2.75, 3.05) is 20.8 Å². The largest absolute Gasteiger partial charge is 0.490 e. The van der Waals surface area contributed by atoms with Gasteiger partial charge < -0.3 is 9.47 Å². The minimum Gasteiger partial charge on any atom is -0.490 e. The molecule has 0 aliphatic carbocycles. The van der Waals surface area contributed by atoms with Gasteiger partial charge in [0.25, 0.3) is 5.91 Å². The highest BCUT2D eigenvalue weighted by atomic mass is 32.2. The molecule has 29 heavy (non-hydrogen) atoms. The van der Waals surface area contributed by atoms with E-state index in [4.69, 9.17) is 4.74 Å². The first-order valence-corrected chi connectivity index (χ1v) is 9.62. The number of benzene rings is 2. The number of amidine groups is 1. The Hall–Kier alpha value is -3.32.